The van der Waals surface area contributed by atoms with Gasteiger partial charge in [0.05, 0.1) is 0 Å². The van der Waals surface area contributed by atoms with Crippen molar-refractivity contribution in [2.45, 2.75) is 13.3 Å². The molecule has 2 aromatic heterocycles. The van der Waals surface area contributed by atoms with Crippen molar-refractivity contribution in [1.82, 2.24) is 4.98 Å². The van der Waals surface area contributed by atoms with E-state index in [9.17, 15) is 9.18 Å². The van der Waals surface area contributed by atoms with E-state index in [1.807, 2.05) is 31.2 Å². The maximum Gasteiger partial charge on any atom is 0.250 e. The Morgan fingerprint density at radius 3 is 2.86 bits per heavy atom. The van der Waals surface area contributed by atoms with Gasteiger partial charge in [-0.15, -0.1) is 11.3 Å². The summed E-state index contributed by atoms with van der Waals surface area (Å²) in [5, 5.41) is 4.27. The Hall–Kier alpha value is -3.25. The third-order valence-electron chi connectivity index (χ3n) is 4.17. The van der Waals surface area contributed by atoms with Gasteiger partial charge < -0.3 is 4.42 Å². The fourth-order valence-corrected chi connectivity index (χ4v) is 3.65. The van der Waals surface area contributed by atoms with E-state index in [-0.39, 0.29) is 11.7 Å². The molecule has 2 aromatic carbocycles. The Balaban J connectivity index is 1.38. The predicted octanol–water partition coefficient (Wildman–Crippen LogP) is 5.58. The summed E-state index contributed by atoms with van der Waals surface area (Å²) >= 11 is 1.39. The quantitative estimate of drug-likeness (QED) is 0.451. The molecule has 0 atom stereocenters. The predicted molar refractivity (Wildman–Crippen MR) is 110 cm³/mol. The summed E-state index contributed by atoms with van der Waals surface area (Å²) in [7, 11) is 0. The second-order valence-electron chi connectivity index (χ2n) is 6.45. The number of carbonyl (C=O) groups excluding carboxylic acids is 1. The van der Waals surface area contributed by atoms with Crippen LogP contribution in [-0.4, -0.2) is 10.9 Å². The van der Waals surface area contributed by atoms with E-state index in [0.717, 1.165) is 27.0 Å². The number of hydrogen-bond acceptors (Lipinski definition) is 4. The number of carbonyl (C=O) groups is 1. The van der Waals surface area contributed by atoms with Crippen LogP contribution in [0.25, 0.3) is 17.0 Å². The first-order valence-corrected chi connectivity index (χ1v) is 9.55. The van der Waals surface area contributed by atoms with Crippen LogP contribution in [0.5, 0.6) is 0 Å². The summed E-state index contributed by atoms with van der Waals surface area (Å²) in [6.07, 6.45) is 5.42. The van der Waals surface area contributed by atoms with Crippen LogP contribution < -0.4 is 5.32 Å². The van der Waals surface area contributed by atoms with Crippen molar-refractivity contribution in [2.24, 2.45) is 0 Å². The number of furan rings is 1. The number of nitrogens with one attached hydrogen (secondary N) is 1. The molecule has 0 spiro atoms. The van der Waals surface area contributed by atoms with E-state index in [4.69, 9.17) is 4.42 Å². The second-order valence-corrected chi connectivity index (χ2v) is 7.56. The second kappa shape index (κ2) is 7.78. The van der Waals surface area contributed by atoms with E-state index in [1.54, 1.807) is 24.4 Å². The molecule has 0 fully saturated rings. The number of fused-ring (bicyclic) bond motifs is 1. The topological polar surface area (TPSA) is 55.1 Å². The highest BCUT2D eigenvalue weighted by atomic mass is 32.1. The van der Waals surface area contributed by atoms with Crippen LogP contribution in [0, 0.1) is 12.7 Å². The van der Waals surface area contributed by atoms with Gasteiger partial charge in [-0.3, -0.25) is 10.1 Å². The summed E-state index contributed by atoms with van der Waals surface area (Å²) in [6, 6.07) is 14.2. The molecule has 0 unspecified atom stereocenters. The first-order chi connectivity index (χ1) is 13.5. The van der Waals surface area contributed by atoms with E-state index < -0.39 is 0 Å². The van der Waals surface area contributed by atoms with Gasteiger partial charge in [0.25, 0.3) is 0 Å². The first-order valence-electron chi connectivity index (χ1n) is 8.73. The number of halogens is 1. The molecule has 0 radical (unpaired) electrons. The van der Waals surface area contributed by atoms with E-state index in [0.29, 0.717) is 17.3 Å². The number of benzene rings is 2. The van der Waals surface area contributed by atoms with E-state index in [1.165, 1.54) is 29.5 Å². The van der Waals surface area contributed by atoms with Gasteiger partial charge in [-0.1, -0.05) is 24.3 Å². The molecular weight excluding hydrogens is 375 g/mol. The zero-order valence-corrected chi connectivity index (χ0v) is 15.9. The average Bonchev–Trinajstić information content (AvgIpc) is 3.28. The Labute approximate surface area is 165 Å². The van der Waals surface area contributed by atoms with Crippen molar-refractivity contribution in [3.8, 4) is 0 Å². The fourth-order valence-electron chi connectivity index (χ4n) is 2.80. The number of aryl methyl sites for hydroxylation is 1. The molecule has 1 amide bonds. The fraction of sp³-hybridized carbons (Fsp3) is 0.0909. The summed E-state index contributed by atoms with van der Waals surface area (Å²) in [6.45, 7) is 2.00. The maximum absolute atomic E-state index is 13.0. The number of hydrogen-bond donors (Lipinski definition) is 1. The van der Waals surface area contributed by atoms with Gasteiger partial charge in [-0.05, 0) is 48.4 Å². The summed E-state index contributed by atoms with van der Waals surface area (Å²) < 4.78 is 18.7. The van der Waals surface area contributed by atoms with Crippen LogP contribution in [-0.2, 0) is 11.2 Å². The molecular formula is C22H17FN2O2S. The van der Waals surface area contributed by atoms with Gasteiger partial charge in [-0.2, -0.15) is 0 Å². The molecule has 0 aliphatic heterocycles. The van der Waals surface area contributed by atoms with Gasteiger partial charge in [0.1, 0.15) is 17.2 Å². The molecule has 0 saturated heterocycles. The zero-order chi connectivity index (χ0) is 19.5. The molecule has 4 aromatic rings. The number of nitrogens with zero attached hydrogens (tertiary/aromatic N) is 1. The lowest BCUT2D eigenvalue weighted by molar-refractivity contribution is -0.111. The van der Waals surface area contributed by atoms with Crippen LogP contribution in [0.15, 0.2) is 65.2 Å². The molecule has 1 N–H and O–H groups in total. The van der Waals surface area contributed by atoms with Crippen molar-refractivity contribution in [1.29, 1.82) is 0 Å². The van der Waals surface area contributed by atoms with Gasteiger partial charge in [0.15, 0.2) is 5.13 Å². The summed E-state index contributed by atoms with van der Waals surface area (Å²) in [5.41, 5.74) is 2.91. The largest absolute Gasteiger partial charge is 0.457 e. The molecule has 6 heteroatoms. The molecule has 0 bridgehead atoms. The zero-order valence-electron chi connectivity index (χ0n) is 15.1. The van der Waals surface area contributed by atoms with Gasteiger partial charge in [-0.25, -0.2) is 9.37 Å². The SMILES string of the molecule is Cc1ccc2cc(/C=C/C(=O)Nc3ncc(Cc4ccc(F)cc4)s3)oc2c1. The van der Waals surface area contributed by atoms with Crippen LogP contribution in [0.1, 0.15) is 21.8 Å². The smallest absolute Gasteiger partial charge is 0.250 e. The minimum atomic E-state index is -0.278. The minimum Gasteiger partial charge on any atom is -0.457 e. The van der Waals surface area contributed by atoms with Crippen molar-refractivity contribution < 1.29 is 13.6 Å². The first kappa shape index (κ1) is 18.1. The number of anilines is 1. The Morgan fingerprint density at radius 2 is 2.04 bits per heavy atom. The molecule has 140 valence electrons. The number of amides is 1. The molecule has 0 aliphatic carbocycles. The van der Waals surface area contributed by atoms with Crippen LogP contribution in [0.2, 0.25) is 0 Å². The molecule has 4 nitrogen and oxygen atoms in total. The van der Waals surface area contributed by atoms with Gasteiger partial charge in [0.2, 0.25) is 5.91 Å². The highest BCUT2D eigenvalue weighted by molar-refractivity contribution is 7.15. The third-order valence-corrected chi connectivity index (χ3v) is 5.08. The molecule has 0 aliphatic rings. The normalized spacial score (nSPS) is 11.4. The Morgan fingerprint density at radius 1 is 1.21 bits per heavy atom. The van der Waals surface area contributed by atoms with Gasteiger partial charge in [0, 0.05) is 29.0 Å². The van der Waals surface area contributed by atoms with Gasteiger partial charge >= 0.3 is 0 Å². The molecule has 2 heterocycles. The number of thiazole rings is 1. The highest BCUT2D eigenvalue weighted by Crippen LogP contribution is 2.23. The lowest BCUT2D eigenvalue weighted by atomic mass is 10.1. The summed E-state index contributed by atoms with van der Waals surface area (Å²) in [5.74, 6) is 0.0820. The summed E-state index contributed by atoms with van der Waals surface area (Å²) in [4.78, 5) is 17.4. The van der Waals surface area contributed by atoms with E-state index >= 15 is 0 Å². The van der Waals surface area contributed by atoms with Crippen LogP contribution in [0.3, 0.4) is 0 Å². The third kappa shape index (κ3) is 4.35. The maximum atomic E-state index is 13.0. The molecule has 28 heavy (non-hydrogen) atoms. The van der Waals surface area contributed by atoms with E-state index in [2.05, 4.69) is 10.3 Å². The Bertz CT molecular complexity index is 1160. The average molecular weight is 392 g/mol. The highest BCUT2D eigenvalue weighted by Gasteiger charge is 2.07. The van der Waals surface area contributed by atoms with Crippen LogP contribution in [0.4, 0.5) is 9.52 Å². The van der Waals surface area contributed by atoms with Crippen molar-refractivity contribution in [3.05, 3.63) is 88.4 Å². The Kier molecular flexibility index (Phi) is 5.04. The number of aromatic nitrogens is 1. The monoisotopic (exact) mass is 392 g/mol. The van der Waals surface area contributed by atoms with Crippen molar-refractivity contribution >= 4 is 39.4 Å². The minimum absolute atomic E-state index is 0.257. The van der Waals surface area contributed by atoms with Crippen molar-refractivity contribution in [3.63, 3.8) is 0 Å². The lowest BCUT2D eigenvalue weighted by Gasteiger charge is -1.98. The molecule has 0 saturated carbocycles. The lowest BCUT2D eigenvalue weighted by Crippen LogP contribution is -2.06. The van der Waals surface area contributed by atoms with Crippen LogP contribution >= 0.6 is 11.3 Å². The standard InChI is InChI=1S/C22H17FN2O2S/c1-14-2-5-16-12-18(27-20(16)10-14)8-9-21(26)25-22-24-13-19(28-22)11-15-3-6-17(23)7-4-15/h2-10,12-13H,11H2,1H3,(H,24,25,26)/b9-8+. The van der Waals surface area contributed by atoms with Crippen molar-refractivity contribution in [2.75, 3.05) is 5.32 Å². The number of rotatable bonds is 5. The molecule has 4 rings (SSSR count).